The van der Waals surface area contributed by atoms with Crippen LogP contribution in [0.5, 0.6) is 0 Å². The van der Waals surface area contributed by atoms with Gasteiger partial charge >= 0.3 is 6.18 Å². The minimum atomic E-state index is -4.44. The van der Waals surface area contributed by atoms with Crippen molar-refractivity contribution in [2.24, 2.45) is 5.41 Å². The lowest BCUT2D eigenvalue weighted by Gasteiger charge is -2.36. The smallest absolute Gasteiger partial charge is 0.381 e. The third-order valence-electron chi connectivity index (χ3n) is 7.37. The van der Waals surface area contributed by atoms with Crippen LogP contribution in [0.25, 0.3) is 0 Å². The Labute approximate surface area is 179 Å². The summed E-state index contributed by atoms with van der Waals surface area (Å²) in [6, 6.07) is 1.76. The van der Waals surface area contributed by atoms with Gasteiger partial charge < -0.3 is 19.7 Å². The van der Waals surface area contributed by atoms with Crippen LogP contribution in [0.2, 0.25) is 0 Å². The lowest BCUT2D eigenvalue weighted by molar-refractivity contribution is -0.145. The van der Waals surface area contributed by atoms with E-state index in [0.717, 1.165) is 51.2 Å². The quantitative estimate of drug-likeness (QED) is 0.785. The molecule has 1 N–H and O–H groups in total. The van der Waals surface area contributed by atoms with Crippen LogP contribution >= 0.6 is 0 Å². The second-order valence-electron chi connectivity index (χ2n) is 9.26. The number of nitrogens with zero attached hydrogens (tertiary/aromatic N) is 2. The van der Waals surface area contributed by atoms with E-state index in [4.69, 9.17) is 9.47 Å². The maximum absolute atomic E-state index is 13.7. The summed E-state index contributed by atoms with van der Waals surface area (Å²) in [6.07, 6.45) is 0.938. The molecule has 4 aliphatic rings. The van der Waals surface area contributed by atoms with Gasteiger partial charge in [0.25, 0.3) is 0 Å². The van der Waals surface area contributed by atoms with Crippen LogP contribution in [0.15, 0.2) is 12.3 Å². The number of hydrogen-bond acceptors (Lipinski definition) is 5. The van der Waals surface area contributed by atoms with E-state index in [2.05, 4.69) is 10.3 Å². The molecule has 0 radical (unpaired) electrons. The molecule has 3 atom stereocenters. The van der Waals surface area contributed by atoms with Gasteiger partial charge in [0, 0.05) is 63.3 Å². The van der Waals surface area contributed by atoms with Gasteiger partial charge in [-0.2, -0.15) is 13.2 Å². The van der Waals surface area contributed by atoms with Gasteiger partial charge in [0.2, 0.25) is 5.91 Å². The zero-order valence-corrected chi connectivity index (χ0v) is 17.4. The minimum Gasteiger partial charge on any atom is -0.381 e. The normalized spacial score (nSPS) is 31.5. The van der Waals surface area contributed by atoms with Crippen LogP contribution in [0, 0.1) is 5.41 Å². The summed E-state index contributed by atoms with van der Waals surface area (Å²) in [4.78, 5) is 19.4. The standard InChI is InChI=1S/C22H28F3N3O3/c23-22(24,25)15-9-14-13-28(5-1-18(14)26-12-15)20(29)21-4-8-31-19(21)10-17(11-21)27-16-2-6-30-7-3-16/h9,12,16-17,19,27H,1-8,10-11,13H2/t17-,19-,21-/m1/s1. The van der Waals surface area contributed by atoms with Gasteiger partial charge in [-0.05, 0) is 43.7 Å². The first-order valence-electron chi connectivity index (χ1n) is 11.1. The van der Waals surface area contributed by atoms with Crippen LogP contribution in [0.4, 0.5) is 13.2 Å². The number of amides is 1. The maximum Gasteiger partial charge on any atom is 0.417 e. The molecule has 3 fully saturated rings. The largest absolute Gasteiger partial charge is 0.417 e. The lowest BCUT2D eigenvalue weighted by atomic mass is 9.80. The molecule has 3 aliphatic heterocycles. The van der Waals surface area contributed by atoms with Crippen LogP contribution in [0.3, 0.4) is 0 Å². The molecule has 9 heteroatoms. The van der Waals surface area contributed by atoms with Crippen LogP contribution < -0.4 is 5.32 Å². The van der Waals surface area contributed by atoms with E-state index in [0.29, 0.717) is 43.3 Å². The monoisotopic (exact) mass is 439 g/mol. The minimum absolute atomic E-state index is 0.0225. The Morgan fingerprint density at radius 1 is 1.23 bits per heavy atom. The van der Waals surface area contributed by atoms with Crippen molar-refractivity contribution in [2.45, 2.75) is 69.4 Å². The number of halogens is 3. The Balaban J connectivity index is 1.31. The number of hydrogen-bond donors (Lipinski definition) is 1. The van der Waals surface area contributed by atoms with Crippen LogP contribution in [-0.2, 0) is 33.4 Å². The SMILES string of the molecule is O=C(N1CCc2ncc(C(F)(F)F)cc2C1)[C@@]12CCO[C@@H]1C[C@@H](NC1CCOCC1)C2. The van der Waals surface area contributed by atoms with Gasteiger partial charge in [-0.15, -0.1) is 0 Å². The summed E-state index contributed by atoms with van der Waals surface area (Å²) in [5, 5.41) is 3.70. The first-order valence-corrected chi connectivity index (χ1v) is 11.1. The van der Waals surface area contributed by atoms with E-state index >= 15 is 0 Å². The number of pyridine rings is 1. The molecule has 1 aromatic heterocycles. The van der Waals surface area contributed by atoms with Crippen molar-refractivity contribution in [3.63, 3.8) is 0 Å². The molecule has 31 heavy (non-hydrogen) atoms. The number of aromatic nitrogens is 1. The molecule has 1 amide bonds. The predicted molar refractivity (Wildman–Crippen MR) is 105 cm³/mol. The highest BCUT2D eigenvalue weighted by Crippen LogP contribution is 2.49. The Kier molecular flexibility index (Phi) is 5.46. The Morgan fingerprint density at radius 2 is 2.03 bits per heavy atom. The molecule has 4 heterocycles. The number of fused-ring (bicyclic) bond motifs is 2. The molecule has 6 nitrogen and oxygen atoms in total. The average Bonchev–Trinajstić information content (AvgIpc) is 3.30. The highest BCUT2D eigenvalue weighted by molar-refractivity contribution is 5.84. The van der Waals surface area contributed by atoms with Gasteiger partial charge in [-0.25, -0.2) is 0 Å². The highest BCUT2D eigenvalue weighted by Gasteiger charge is 2.57. The highest BCUT2D eigenvalue weighted by atomic mass is 19.4. The summed E-state index contributed by atoms with van der Waals surface area (Å²) in [6.45, 7) is 2.74. The van der Waals surface area contributed by atoms with E-state index in [1.807, 2.05) is 0 Å². The summed E-state index contributed by atoms with van der Waals surface area (Å²) in [5.41, 5.74) is -0.187. The molecular formula is C22H28F3N3O3. The summed E-state index contributed by atoms with van der Waals surface area (Å²) in [7, 11) is 0. The van der Waals surface area contributed by atoms with Crippen molar-refractivity contribution < 1.29 is 27.4 Å². The molecule has 1 aromatic rings. The molecule has 170 valence electrons. The Bertz CT molecular complexity index is 843. The summed E-state index contributed by atoms with van der Waals surface area (Å²) in [5.74, 6) is 0.0225. The van der Waals surface area contributed by atoms with Crippen molar-refractivity contribution in [2.75, 3.05) is 26.4 Å². The van der Waals surface area contributed by atoms with Crippen molar-refractivity contribution in [1.82, 2.24) is 15.2 Å². The van der Waals surface area contributed by atoms with E-state index in [-0.39, 0.29) is 24.6 Å². The van der Waals surface area contributed by atoms with Gasteiger partial charge in [0.15, 0.2) is 0 Å². The predicted octanol–water partition coefficient (Wildman–Crippen LogP) is 2.69. The fourth-order valence-electron chi connectivity index (χ4n) is 5.74. The fourth-order valence-corrected chi connectivity index (χ4v) is 5.74. The summed E-state index contributed by atoms with van der Waals surface area (Å²) < 4.78 is 50.8. The third-order valence-corrected chi connectivity index (χ3v) is 7.37. The number of carbonyl (C=O) groups is 1. The van der Waals surface area contributed by atoms with Crippen LogP contribution in [-0.4, -0.2) is 60.3 Å². The molecule has 0 unspecified atom stereocenters. The number of ether oxygens (including phenoxy) is 2. The molecule has 0 bridgehead atoms. The second kappa shape index (κ2) is 8.01. The molecule has 1 aliphatic carbocycles. The molecule has 2 saturated heterocycles. The van der Waals surface area contributed by atoms with Crippen molar-refractivity contribution >= 4 is 5.91 Å². The third kappa shape index (κ3) is 3.96. The van der Waals surface area contributed by atoms with Crippen molar-refractivity contribution in [3.8, 4) is 0 Å². The molecular weight excluding hydrogens is 411 g/mol. The number of rotatable bonds is 3. The molecule has 0 aromatic carbocycles. The lowest BCUT2D eigenvalue weighted by Crippen LogP contribution is -2.48. The van der Waals surface area contributed by atoms with Gasteiger partial charge in [0.1, 0.15) is 0 Å². The van der Waals surface area contributed by atoms with Crippen molar-refractivity contribution in [3.05, 3.63) is 29.1 Å². The first kappa shape index (κ1) is 21.2. The molecule has 1 saturated carbocycles. The second-order valence-corrected chi connectivity index (χ2v) is 9.26. The van der Waals surface area contributed by atoms with Gasteiger partial charge in [0.05, 0.1) is 17.1 Å². The number of nitrogens with one attached hydrogen (secondary N) is 1. The van der Waals surface area contributed by atoms with E-state index in [9.17, 15) is 18.0 Å². The molecule has 5 rings (SSSR count). The zero-order chi connectivity index (χ0) is 21.6. The number of carbonyl (C=O) groups excluding carboxylic acids is 1. The average molecular weight is 439 g/mol. The topological polar surface area (TPSA) is 63.7 Å². The van der Waals surface area contributed by atoms with Crippen LogP contribution in [0.1, 0.15) is 48.9 Å². The van der Waals surface area contributed by atoms with E-state index in [1.165, 1.54) is 0 Å². The molecule has 0 spiro atoms. The Morgan fingerprint density at radius 3 is 2.81 bits per heavy atom. The van der Waals surface area contributed by atoms with Gasteiger partial charge in [-0.1, -0.05) is 0 Å². The zero-order valence-electron chi connectivity index (χ0n) is 17.4. The van der Waals surface area contributed by atoms with Crippen molar-refractivity contribution in [1.29, 1.82) is 0 Å². The fraction of sp³-hybridized carbons (Fsp3) is 0.727. The summed E-state index contributed by atoms with van der Waals surface area (Å²) >= 11 is 0. The van der Waals surface area contributed by atoms with E-state index < -0.39 is 17.2 Å². The Hall–Kier alpha value is -1.71. The van der Waals surface area contributed by atoms with E-state index in [1.54, 1.807) is 4.90 Å². The maximum atomic E-state index is 13.7. The number of alkyl halides is 3. The first-order chi connectivity index (χ1) is 14.8. The van der Waals surface area contributed by atoms with Gasteiger partial charge in [-0.3, -0.25) is 9.78 Å².